The van der Waals surface area contributed by atoms with Crippen LogP contribution in [0.25, 0.3) is 0 Å². The number of piperazine rings is 1. The highest BCUT2D eigenvalue weighted by molar-refractivity contribution is 9.08. The van der Waals surface area contributed by atoms with Crippen molar-refractivity contribution in [3.05, 3.63) is 29.3 Å². The first-order valence-electron chi connectivity index (χ1n) is 7.30. The Balaban J connectivity index is 2.05. The summed E-state index contributed by atoms with van der Waals surface area (Å²) >= 11 is 3.62. The number of aryl methyl sites for hydroxylation is 1. The summed E-state index contributed by atoms with van der Waals surface area (Å²) in [4.78, 5) is 5.15. The molecule has 0 aliphatic carbocycles. The molecule has 1 aliphatic heterocycles. The minimum atomic E-state index is 0.718. The Morgan fingerprint density at radius 1 is 1.21 bits per heavy atom. The van der Waals surface area contributed by atoms with E-state index in [0.717, 1.165) is 24.5 Å². The maximum absolute atomic E-state index is 3.62. The van der Waals surface area contributed by atoms with E-state index in [9.17, 15) is 0 Å². The lowest BCUT2D eigenvalue weighted by atomic mass is 10.1. The van der Waals surface area contributed by atoms with Crippen LogP contribution >= 0.6 is 15.9 Å². The second-order valence-electron chi connectivity index (χ2n) is 5.55. The zero-order chi connectivity index (χ0) is 13.8. The van der Waals surface area contributed by atoms with Crippen molar-refractivity contribution in [3.8, 4) is 0 Å². The highest BCUT2D eigenvalue weighted by Crippen LogP contribution is 2.25. The minimum absolute atomic E-state index is 0.718. The van der Waals surface area contributed by atoms with Crippen molar-refractivity contribution in [1.82, 2.24) is 4.90 Å². The van der Waals surface area contributed by atoms with Gasteiger partial charge in [-0.15, -0.1) is 0 Å². The average molecular weight is 325 g/mol. The van der Waals surface area contributed by atoms with E-state index in [1.165, 1.54) is 36.3 Å². The molecule has 1 unspecified atom stereocenters. The molecule has 0 N–H and O–H groups in total. The van der Waals surface area contributed by atoms with Crippen LogP contribution in [0.5, 0.6) is 0 Å². The molecule has 1 atom stereocenters. The first-order valence-corrected chi connectivity index (χ1v) is 8.42. The standard InChI is InChI=1S/C16H25BrN2/c1-4-14(3)18-7-9-19(10-8-18)16-6-5-13(2)11-15(16)12-17/h5-6,11,14H,4,7-10,12H2,1-3H3. The number of alkyl halides is 1. The van der Waals surface area contributed by atoms with Gasteiger partial charge in [-0.25, -0.2) is 0 Å². The first-order chi connectivity index (χ1) is 9.15. The highest BCUT2D eigenvalue weighted by Gasteiger charge is 2.21. The number of halogens is 1. The molecule has 0 bridgehead atoms. The fraction of sp³-hybridized carbons (Fsp3) is 0.625. The Bertz CT molecular complexity index is 411. The van der Waals surface area contributed by atoms with Gasteiger partial charge in [0.05, 0.1) is 0 Å². The number of nitrogens with zero attached hydrogens (tertiary/aromatic N) is 2. The second kappa shape index (κ2) is 6.76. The molecule has 0 spiro atoms. The molecule has 0 saturated carbocycles. The number of hydrogen-bond acceptors (Lipinski definition) is 2. The Morgan fingerprint density at radius 2 is 1.89 bits per heavy atom. The molecule has 1 saturated heterocycles. The lowest BCUT2D eigenvalue weighted by molar-refractivity contribution is 0.193. The van der Waals surface area contributed by atoms with E-state index in [1.54, 1.807) is 0 Å². The van der Waals surface area contributed by atoms with Crippen LogP contribution in [0.4, 0.5) is 5.69 Å². The third-order valence-electron chi connectivity index (χ3n) is 4.25. The van der Waals surface area contributed by atoms with Gasteiger partial charge in [0, 0.05) is 43.2 Å². The molecule has 106 valence electrons. The topological polar surface area (TPSA) is 6.48 Å². The van der Waals surface area contributed by atoms with Gasteiger partial charge in [-0.05, 0) is 31.9 Å². The first kappa shape index (κ1) is 14.9. The van der Waals surface area contributed by atoms with Crippen molar-refractivity contribution in [2.24, 2.45) is 0 Å². The molecular weight excluding hydrogens is 300 g/mol. The maximum Gasteiger partial charge on any atom is 0.0408 e. The molecule has 1 heterocycles. The predicted octanol–water partition coefficient (Wildman–Crippen LogP) is 3.81. The molecule has 0 aromatic heterocycles. The van der Waals surface area contributed by atoms with Crippen molar-refractivity contribution in [2.75, 3.05) is 31.1 Å². The van der Waals surface area contributed by atoms with Crippen molar-refractivity contribution < 1.29 is 0 Å². The summed E-state index contributed by atoms with van der Waals surface area (Å²) in [6, 6.07) is 7.52. The van der Waals surface area contributed by atoms with Crippen LogP contribution in [-0.2, 0) is 5.33 Å². The summed E-state index contributed by atoms with van der Waals surface area (Å²) in [5.74, 6) is 0. The third kappa shape index (κ3) is 3.51. The third-order valence-corrected chi connectivity index (χ3v) is 4.85. The highest BCUT2D eigenvalue weighted by atomic mass is 79.9. The fourth-order valence-electron chi connectivity index (χ4n) is 2.79. The zero-order valence-electron chi connectivity index (χ0n) is 12.3. The number of benzene rings is 1. The van der Waals surface area contributed by atoms with Crippen LogP contribution in [0.1, 0.15) is 31.4 Å². The van der Waals surface area contributed by atoms with Gasteiger partial charge in [0.1, 0.15) is 0 Å². The van der Waals surface area contributed by atoms with E-state index in [4.69, 9.17) is 0 Å². The molecule has 1 aromatic rings. The van der Waals surface area contributed by atoms with E-state index < -0.39 is 0 Å². The summed E-state index contributed by atoms with van der Waals surface area (Å²) < 4.78 is 0. The molecule has 0 radical (unpaired) electrons. The Kier molecular flexibility index (Phi) is 5.28. The molecule has 2 rings (SSSR count). The van der Waals surface area contributed by atoms with E-state index in [-0.39, 0.29) is 0 Å². The van der Waals surface area contributed by atoms with Gasteiger partial charge >= 0.3 is 0 Å². The largest absolute Gasteiger partial charge is 0.369 e. The molecule has 2 nitrogen and oxygen atoms in total. The van der Waals surface area contributed by atoms with Crippen LogP contribution in [0, 0.1) is 6.92 Å². The van der Waals surface area contributed by atoms with Gasteiger partial charge < -0.3 is 4.90 Å². The number of rotatable bonds is 4. The monoisotopic (exact) mass is 324 g/mol. The summed E-state index contributed by atoms with van der Waals surface area (Å²) in [7, 11) is 0. The molecule has 1 fully saturated rings. The molecule has 3 heteroatoms. The Morgan fingerprint density at radius 3 is 2.47 bits per heavy atom. The molecule has 19 heavy (non-hydrogen) atoms. The van der Waals surface area contributed by atoms with Crippen LogP contribution in [-0.4, -0.2) is 37.1 Å². The summed E-state index contributed by atoms with van der Waals surface area (Å²) in [6.45, 7) is 11.4. The van der Waals surface area contributed by atoms with Gasteiger partial charge in [-0.1, -0.05) is 40.5 Å². The average Bonchev–Trinajstić information content (AvgIpc) is 2.46. The molecule has 0 amide bonds. The van der Waals surface area contributed by atoms with Crippen LogP contribution in [0.15, 0.2) is 18.2 Å². The predicted molar refractivity (Wildman–Crippen MR) is 87.3 cm³/mol. The van der Waals surface area contributed by atoms with Crippen molar-refractivity contribution in [2.45, 2.75) is 38.6 Å². The quantitative estimate of drug-likeness (QED) is 0.777. The van der Waals surface area contributed by atoms with Crippen LogP contribution in [0.2, 0.25) is 0 Å². The summed E-state index contributed by atoms with van der Waals surface area (Å²) in [5, 5.41) is 0.940. The lowest BCUT2D eigenvalue weighted by Gasteiger charge is -2.39. The van der Waals surface area contributed by atoms with Crippen molar-refractivity contribution in [1.29, 1.82) is 0 Å². The van der Waals surface area contributed by atoms with Gasteiger partial charge in [-0.3, -0.25) is 4.90 Å². The molecule has 1 aliphatic rings. The van der Waals surface area contributed by atoms with E-state index >= 15 is 0 Å². The van der Waals surface area contributed by atoms with E-state index in [2.05, 4.69) is 64.7 Å². The van der Waals surface area contributed by atoms with Crippen LogP contribution in [0.3, 0.4) is 0 Å². The maximum atomic E-state index is 3.62. The SMILES string of the molecule is CCC(C)N1CCN(c2ccc(C)cc2CBr)CC1. The normalized spacial score (nSPS) is 18.6. The van der Waals surface area contributed by atoms with Gasteiger partial charge in [0.2, 0.25) is 0 Å². The fourth-order valence-corrected chi connectivity index (χ4v) is 3.24. The van der Waals surface area contributed by atoms with Gasteiger partial charge in [-0.2, -0.15) is 0 Å². The summed E-state index contributed by atoms with van der Waals surface area (Å²) in [6.07, 6.45) is 1.25. The second-order valence-corrected chi connectivity index (χ2v) is 6.11. The number of hydrogen-bond donors (Lipinski definition) is 0. The van der Waals surface area contributed by atoms with E-state index in [1.807, 2.05) is 0 Å². The van der Waals surface area contributed by atoms with Crippen molar-refractivity contribution >= 4 is 21.6 Å². The summed E-state index contributed by atoms with van der Waals surface area (Å²) in [5.41, 5.74) is 4.17. The molecule has 1 aromatic carbocycles. The lowest BCUT2D eigenvalue weighted by Crippen LogP contribution is -2.49. The Hall–Kier alpha value is -0.540. The smallest absolute Gasteiger partial charge is 0.0408 e. The minimum Gasteiger partial charge on any atom is -0.369 e. The number of anilines is 1. The van der Waals surface area contributed by atoms with Crippen LogP contribution < -0.4 is 4.90 Å². The Labute approximate surface area is 125 Å². The van der Waals surface area contributed by atoms with E-state index in [0.29, 0.717) is 0 Å². The molecular formula is C16H25BrN2. The zero-order valence-corrected chi connectivity index (χ0v) is 13.9. The van der Waals surface area contributed by atoms with Gasteiger partial charge in [0.25, 0.3) is 0 Å². The van der Waals surface area contributed by atoms with Gasteiger partial charge in [0.15, 0.2) is 0 Å². The van der Waals surface area contributed by atoms with Crippen molar-refractivity contribution in [3.63, 3.8) is 0 Å².